The largest absolute Gasteiger partial charge is 0.497 e. The number of halogens is 1. The average molecular weight is 439 g/mol. The number of nitrogens with one attached hydrogen (secondary N) is 1. The van der Waals surface area contributed by atoms with Crippen LogP contribution < -0.4 is 10.1 Å². The summed E-state index contributed by atoms with van der Waals surface area (Å²) in [5.41, 5.74) is 0.572. The molecule has 0 bridgehead atoms. The van der Waals surface area contributed by atoms with E-state index in [1.807, 2.05) is 0 Å². The molecule has 1 saturated heterocycles. The van der Waals surface area contributed by atoms with Gasteiger partial charge in [-0.3, -0.25) is 4.79 Å². The van der Waals surface area contributed by atoms with Gasteiger partial charge in [0.15, 0.2) is 0 Å². The normalized spacial score (nSPS) is 17.8. The van der Waals surface area contributed by atoms with Crippen LogP contribution in [0.3, 0.4) is 0 Å². The summed E-state index contributed by atoms with van der Waals surface area (Å²) in [5.74, 6) is 0.282. The number of carbonyl (C=O) groups excluding carboxylic acids is 1. The Morgan fingerprint density at radius 2 is 1.96 bits per heavy atom. The number of amides is 1. The molecule has 2 aromatic rings. The van der Waals surface area contributed by atoms with Crippen molar-refractivity contribution in [2.24, 2.45) is 0 Å². The number of rotatable bonds is 5. The molecule has 1 aliphatic rings. The molecule has 1 heterocycles. The predicted molar refractivity (Wildman–Crippen MR) is 103 cm³/mol. The van der Waals surface area contributed by atoms with Crippen LogP contribution in [0, 0.1) is 0 Å². The number of nitrogens with zero attached hydrogens (tertiary/aromatic N) is 1. The van der Waals surface area contributed by atoms with E-state index < -0.39 is 16.1 Å². The minimum Gasteiger partial charge on any atom is -0.497 e. The second-order valence-electron chi connectivity index (χ2n) is 5.95. The Morgan fingerprint density at radius 1 is 1.23 bits per heavy atom. The maximum atomic E-state index is 12.9. The van der Waals surface area contributed by atoms with Gasteiger partial charge in [-0.1, -0.05) is 22.0 Å². The van der Waals surface area contributed by atoms with Crippen LogP contribution in [-0.2, 0) is 14.8 Å². The van der Waals surface area contributed by atoms with Gasteiger partial charge >= 0.3 is 0 Å². The van der Waals surface area contributed by atoms with Crippen LogP contribution in [0.15, 0.2) is 57.9 Å². The minimum atomic E-state index is -3.73. The highest BCUT2D eigenvalue weighted by molar-refractivity contribution is 9.10. The highest BCUT2D eigenvalue weighted by Gasteiger charge is 2.39. The molecule has 0 saturated carbocycles. The van der Waals surface area contributed by atoms with E-state index in [0.29, 0.717) is 30.8 Å². The second-order valence-corrected chi connectivity index (χ2v) is 8.76. The van der Waals surface area contributed by atoms with Crippen molar-refractivity contribution in [2.45, 2.75) is 23.8 Å². The van der Waals surface area contributed by atoms with Gasteiger partial charge < -0.3 is 10.1 Å². The van der Waals surface area contributed by atoms with E-state index in [4.69, 9.17) is 4.74 Å². The summed E-state index contributed by atoms with van der Waals surface area (Å²) in [4.78, 5) is 12.9. The molecule has 1 amide bonds. The fraction of sp³-hybridized carbons (Fsp3) is 0.278. The monoisotopic (exact) mass is 438 g/mol. The van der Waals surface area contributed by atoms with Crippen molar-refractivity contribution in [1.29, 1.82) is 0 Å². The van der Waals surface area contributed by atoms with E-state index in [2.05, 4.69) is 21.2 Å². The van der Waals surface area contributed by atoms with Crippen molar-refractivity contribution in [3.63, 3.8) is 0 Å². The Kier molecular flexibility index (Phi) is 5.64. The smallest absolute Gasteiger partial charge is 0.243 e. The van der Waals surface area contributed by atoms with Gasteiger partial charge in [-0.05, 0) is 49.2 Å². The maximum Gasteiger partial charge on any atom is 0.243 e. The highest BCUT2D eigenvalue weighted by Crippen LogP contribution is 2.28. The van der Waals surface area contributed by atoms with Gasteiger partial charge in [-0.25, -0.2) is 8.42 Å². The first-order valence-electron chi connectivity index (χ1n) is 8.14. The van der Waals surface area contributed by atoms with Crippen molar-refractivity contribution < 1.29 is 17.9 Å². The molecule has 1 N–H and O–H groups in total. The number of hydrogen-bond acceptors (Lipinski definition) is 4. The van der Waals surface area contributed by atoms with Gasteiger partial charge in [0.1, 0.15) is 11.8 Å². The first kappa shape index (κ1) is 18.9. The summed E-state index contributed by atoms with van der Waals surface area (Å²) in [6.45, 7) is 0.328. The zero-order valence-corrected chi connectivity index (χ0v) is 16.6. The molecule has 26 heavy (non-hydrogen) atoms. The number of carbonyl (C=O) groups is 1. The summed E-state index contributed by atoms with van der Waals surface area (Å²) < 4.78 is 33.1. The van der Waals surface area contributed by atoms with Crippen LogP contribution in [0.25, 0.3) is 0 Å². The Labute approximate surface area is 161 Å². The number of sulfonamides is 1. The molecule has 1 fully saturated rings. The molecular weight excluding hydrogens is 420 g/mol. The molecule has 3 rings (SSSR count). The molecule has 0 radical (unpaired) electrons. The third kappa shape index (κ3) is 3.92. The van der Waals surface area contributed by atoms with Gasteiger partial charge in [0.2, 0.25) is 15.9 Å². The predicted octanol–water partition coefficient (Wildman–Crippen LogP) is 3.25. The molecule has 6 nitrogen and oxygen atoms in total. The van der Waals surface area contributed by atoms with E-state index >= 15 is 0 Å². The van der Waals surface area contributed by atoms with Crippen molar-refractivity contribution in [1.82, 2.24) is 4.31 Å². The Hall–Kier alpha value is -1.90. The van der Waals surface area contributed by atoms with Crippen LogP contribution in [0.2, 0.25) is 0 Å². The molecule has 0 aliphatic carbocycles. The van der Waals surface area contributed by atoms with Crippen molar-refractivity contribution in [2.75, 3.05) is 19.0 Å². The summed E-state index contributed by atoms with van der Waals surface area (Å²) in [6, 6.07) is 12.7. The molecular formula is C18H19BrN2O4S. The fourth-order valence-corrected chi connectivity index (χ4v) is 4.88. The summed E-state index contributed by atoms with van der Waals surface area (Å²) in [6.07, 6.45) is 1.14. The molecule has 0 aromatic heterocycles. The van der Waals surface area contributed by atoms with Crippen LogP contribution in [-0.4, -0.2) is 38.3 Å². The van der Waals surface area contributed by atoms with Gasteiger partial charge in [-0.2, -0.15) is 4.31 Å². The first-order chi connectivity index (χ1) is 12.4. The van der Waals surface area contributed by atoms with Gasteiger partial charge in [-0.15, -0.1) is 0 Å². The maximum absolute atomic E-state index is 12.9. The van der Waals surface area contributed by atoms with E-state index in [1.54, 1.807) is 43.5 Å². The zero-order chi connectivity index (χ0) is 18.7. The number of anilines is 1. The molecule has 138 valence electrons. The molecule has 1 unspecified atom stereocenters. The van der Waals surface area contributed by atoms with Gasteiger partial charge in [0, 0.05) is 22.8 Å². The quantitative estimate of drug-likeness (QED) is 0.776. The molecule has 1 atom stereocenters. The van der Waals surface area contributed by atoms with Crippen LogP contribution in [0.4, 0.5) is 5.69 Å². The van der Waals surface area contributed by atoms with Crippen LogP contribution >= 0.6 is 15.9 Å². The Balaban J connectivity index is 1.80. The molecule has 0 spiro atoms. The SMILES string of the molecule is COc1cccc(NC(=O)C2CCCN2S(=O)(=O)c2ccc(Br)cc2)c1. The summed E-state index contributed by atoms with van der Waals surface area (Å²) in [7, 11) is -2.18. The Bertz CT molecular complexity index is 900. The van der Waals surface area contributed by atoms with Gasteiger partial charge in [0.25, 0.3) is 0 Å². The van der Waals surface area contributed by atoms with Crippen molar-refractivity contribution >= 4 is 37.5 Å². The van der Waals surface area contributed by atoms with Gasteiger partial charge in [0.05, 0.1) is 12.0 Å². The lowest BCUT2D eigenvalue weighted by Gasteiger charge is -2.23. The lowest BCUT2D eigenvalue weighted by atomic mass is 10.2. The lowest BCUT2D eigenvalue weighted by Crippen LogP contribution is -2.43. The Morgan fingerprint density at radius 3 is 2.65 bits per heavy atom. The minimum absolute atomic E-state index is 0.182. The van der Waals surface area contributed by atoms with E-state index in [9.17, 15) is 13.2 Å². The third-order valence-corrected chi connectivity index (χ3v) is 6.71. The summed E-state index contributed by atoms with van der Waals surface area (Å²) in [5, 5.41) is 2.79. The third-order valence-electron chi connectivity index (χ3n) is 4.26. The second kappa shape index (κ2) is 7.77. The number of methoxy groups -OCH3 is 1. The topological polar surface area (TPSA) is 75.7 Å². The van der Waals surface area contributed by atoms with E-state index in [1.165, 1.54) is 16.4 Å². The van der Waals surface area contributed by atoms with Crippen LogP contribution in [0.5, 0.6) is 5.75 Å². The molecule has 2 aromatic carbocycles. The summed E-state index contributed by atoms with van der Waals surface area (Å²) >= 11 is 3.30. The van der Waals surface area contributed by atoms with Crippen molar-refractivity contribution in [3.8, 4) is 5.75 Å². The molecule has 1 aliphatic heterocycles. The fourth-order valence-electron chi connectivity index (χ4n) is 2.96. The molecule has 8 heteroatoms. The van der Waals surface area contributed by atoms with Crippen LogP contribution in [0.1, 0.15) is 12.8 Å². The van der Waals surface area contributed by atoms with Crippen molar-refractivity contribution in [3.05, 3.63) is 53.0 Å². The highest BCUT2D eigenvalue weighted by atomic mass is 79.9. The standard InChI is InChI=1S/C18H19BrN2O4S/c1-25-15-5-2-4-14(12-15)20-18(22)17-6-3-11-21(17)26(23,24)16-9-7-13(19)8-10-16/h2,4-5,7-10,12,17H,3,6,11H2,1H3,(H,20,22). The van der Waals surface area contributed by atoms with E-state index in [0.717, 1.165) is 4.47 Å². The number of benzene rings is 2. The zero-order valence-electron chi connectivity index (χ0n) is 14.2. The first-order valence-corrected chi connectivity index (χ1v) is 10.4. The average Bonchev–Trinajstić information content (AvgIpc) is 3.13. The number of ether oxygens (including phenoxy) is 1. The van der Waals surface area contributed by atoms with E-state index in [-0.39, 0.29) is 10.8 Å². The number of hydrogen-bond donors (Lipinski definition) is 1. The lowest BCUT2D eigenvalue weighted by molar-refractivity contribution is -0.119.